The fourth-order valence-corrected chi connectivity index (χ4v) is 2.04. The van der Waals surface area contributed by atoms with Gasteiger partial charge in [-0.25, -0.2) is 4.98 Å². The maximum Gasteiger partial charge on any atom is 0.242 e. The number of aromatic nitrogens is 1. The maximum atomic E-state index is 11.8. The van der Waals surface area contributed by atoms with Crippen LogP contribution in [0.3, 0.4) is 0 Å². The Balaban J connectivity index is 2.02. The van der Waals surface area contributed by atoms with Gasteiger partial charge >= 0.3 is 0 Å². The lowest BCUT2D eigenvalue weighted by molar-refractivity contribution is -0.117. The molecular formula is C11H14IN3O. The van der Waals surface area contributed by atoms with E-state index in [1.54, 1.807) is 0 Å². The average Bonchev–Trinajstić information content (AvgIpc) is 2.77. The van der Waals surface area contributed by atoms with Gasteiger partial charge in [-0.2, -0.15) is 0 Å². The molecule has 0 bridgehead atoms. The summed E-state index contributed by atoms with van der Waals surface area (Å²) in [6.45, 7) is 2.86. The van der Waals surface area contributed by atoms with Crippen molar-refractivity contribution in [2.75, 3.05) is 11.9 Å². The SMILES string of the molecule is Cc1nc(NC(=O)C2CCCN2)ccc1I. The Morgan fingerprint density at radius 1 is 1.62 bits per heavy atom. The van der Waals surface area contributed by atoms with Gasteiger partial charge < -0.3 is 10.6 Å². The van der Waals surface area contributed by atoms with Crippen molar-refractivity contribution >= 4 is 34.3 Å². The minimum Gasteiger partial charge on any atom is -0.309 e. The van der Waals surface area contributed by atoms with Gasteiger partial charge in [0.05, 0.1) is 11.7 Å². The van der Waals surface area contributed by atoms with Crippen molar-refractivity contribution in [1.82, 2.24) is 10.3 Å². The predicted octanol–water partition coefficient (Wildman–Crippen LogP) is 1.69. The van der Waals surface area contributed by atoms with E-state index < -0.39 is 0 Å². The first-order valence-corrected chi connectivity index (χ1v) is 6.42. The number of rotatable bonds is 2. The predicted molar refractivity (Wildman–Crippen MR) is 71.3 cm³/mol. The van der Waals surface area contributed by atoms with Gasteiger partial charge in [0.1, 0.15) is 5.82 Å². The summed E-state index contributed by atoms with van der Waals surface area (Å²) in [6.07, 6.45) is 1.98. The minimum absolute atomic E-state index is 0.0191. The van der Waals surface area contributed by atoms with Crippen molar-refractivity contribution in [2.24, 2.45) is 0 Å². The van der Waals surface area contributed by atoms with Crippen molar-refractivity contribution in [3.05, 3.63) is 21.4 Å². The molecule has 2 N–H and O–H groups in total. The quantitative estimate of drug-likeness (QED) is 0.811. The van der Waals surface area contributed by atoms with E-state index in [4.69, 9.17) is 0 Å². The number of pyridine rings is 1. The summed E-state index contributed by atoms with van der Waals surface area (Å²) in [5.41, 5.74) is 0.942. The molecule has 0 saturated carbocycles. The summed E-state index contributed by atoms with van der Waals surface area (Å²) < 4.78 is 1.11. The Morgan fingerprint density at radius 2 is 2.44 bits per heavy atom. The molecule has 1 aromatic heterocycles. The molecule has 16 heavy (non-hydrogen) atoms. The van der Waals surface area contributed by atoms with E-state index in [9.17, 15) is 4.79 Å². The van der Waals surface area contributed by atoms with Crippen molar-refractivity contribution in [3.8, 4) is 0 Å². The molecular weight excluding hydrogens is 317 g/mol. The van der Waals surface area contributed by atoms with E-state index in [2.05, 4.69) is 38.2 Å². The first-order valence-electron chi connectivity index (χ1n) is 5.34. The second kappa shape index (κ2) is 5.09. The second-order valence-corrected chi connectivity index (χ2v) is 5.06. The zero-order chi connectivity index (χ0) is 11.5. The Kier molecular flexibility index (Phi) is 3.75. The van der Waals surface area contributed by atoms with Gasteiger partial charge in [0.25, 0.3) is 0 Å². The van der Waals surface area contributed by atoms with Crippen molar-refractivity contribution in [2.45, 2.75) is 25.8 Å². The highest BCUT2D eigenvalue weighted by Gasteiger charge is 2.22. The largest absolute Gasteiger partial charge is 0.309 e. The van der Waals surface area contributed by atoms with Gasteiger partial charge in [0.2, 0.25) is 5.91 Å². The van der Waals surface area contributed by atoms with Gasteiger partial charge in [0.15, 0.2) is 0 Å². The highest BCUT2D eigenvalue weighted by molar-refractivity contribution is 14.1. The summed E-state index contributed by atoms with van der Waals surface area (Å²) in [5.74, 6) is 0.655. The molecule has 0 aliphatic carbocycles. The molecule has 2 rings (SSSR count). The van der Waals surface area contributed by atoms with Crippen molar-refractivity contribution < 1.29 is 4.79 Å². The summed E-state index contributed by atoms with van der Waals surface area (Å²) >= 11 is 2.23. The van der Waals surface area contributed by atoms with E-state index >= 15 is 0 Å². The Morgan fingerprint density at radius 3 is 3.06 bits per heavy atom. The number of carbonyl (C=O) groups is 1. The van der Waals surface area contributed by atoms with Crippen molar-refractivity contribution in [3.63, 3.8) is 0 Å². The highest BCUT2D eigenvalue weighted by Crippen LogP contribution is 2.13. The Bertz CT molecular complexity index is 402. The van der Waals surface area contributed by atoms with Crippen LogP contribution >= 0.6 is 22.6 Å². The zero-order valence-electron chi connectivity index (χ0n) is 9.09. The third-order valence-corrected chi connectivity index (χ3v) is 3.79. The highest BCUT2D eigenvalue weighted by atomic mass is 127. The van der Waals surface area contributed by atoms with Crippen LogP contribution in [0.1, 0.15) is 18.5 Å². The number of nitrogens with one attached hydrogen (secondary N) is 2. The van der Waals surface area contributed by atoms with E-state index in [1.807, 2.05) is 19.1 Å². The summed E-state index contributed by atoms with van der Waals surface area (Å²) in [5, 5.41) is 6.00. The minimum atomic E-state index is -0.0543. The monoisotopic (exact) mass is 331 g/mol. The molecule has 2 heterocycles. The average molecular weight is 331 g/mol. The van der Waals surface area contributed by atoms with E-state index in [0.717, 1.165) is 28.7 Å². The lowest BCUT2D eigenvalue weighted by Crippen LogP contribution is -2.35. The van der Waals surface area contributed by atoms with E-state index in [0.29, 0.717) is 5.82 Å². The maximum absolute atomic E-state index is 11.8. The molecule has 1 aliphatic rings. The first-order chi connectivity index (χ1) is 7.66. The topological polar surface area (TPSA) is 54.0 Å². The van der Waals surface area contributed by atoms with Crippen LogP contribution in [0.4, 0.5) is 5.82 Å². The normalized spacial score (nSPS) is 19.8. The second-order valence-electron chi connectivity index (χ2n) is 3.90. The van der Waals surface area contributed by atoms with Gasteiger partial charge in [-0.15, -0.1) is 0 Å². The number of anilines is 1. The standard InChI is InChI=1S/C11H14IN3O/c1-7-8(12)4-5-10(14-7)15-11(16)9-3-2-6-13-9/h4-5,9,13H,2-3,6H2,1H3,(H,14,15,16). The van der Waals surface area contributed by atoms with Crippen LogP contribution in [0.15, 0.2) is 12.1 Å². The number of carbonyl (C=O) groups excluding carboxylic acids is 1. The van der Waals surface area contributed by atoms with Gasteiger partial charge in [-0.05, 0) is 61.0 Å². The smallest absolute Gasteiger partial charge is 0.242 e. The van der Waals surface area contributed by atoms with Crippen LogP contribution in [0.2, 0.25) is 0 Å². The molecule has 0 aromatic carbocycles. The summed E-state index contributed by atoms with van der Waals surface area (Å²) in [7, 11) is 0. The number of amides is 1. The molecule has 1 unspecified atom stereocenters. The third-order valence-electron chi connectivity index (χ3n) is 2.65. The van der Waals surface area contributed by atoms with Crippen LogP contribution < -0.4 is 10.6 Å². The molecule has 1 amide bonds. The van der Waals surface area contributed by atoms with Gasteiger partial charge in [0, 0.05) is 3.57 Å². The molecule has 4 nitrogen and oxygen atoms in total. The third kappa shape index (κ3) is 2.70. The van der Waals surface area contributed by atoms with Crippen molar-refractivity contribution in [1.29, 1.82) is 0 Å². The fourth-order valence-electron chi connectivity index (χ4n) is 1.74. The zero-order valence-corrected chi connectivity index (χ0v) is 11.2. The molecule has 1 saturated heterocycles. The van der Waals surface area contributed by atoms with Gasteiger partial charge in [-0.1, -0.05) is 0 Å². The number of nitrogens with zero attached hydrogens (tertiary/aromatic N) is 1. The first kappa shape index (κ1) is 11.8. The Hall–Kier alpha value is -0.690. The lowest BCUT2D eigenvalue weighted by Gasteiger charge is -2.11. The molecule has 0 radical (unpaired) electrons. The number of hydrogen-bond acceptors (Lipinski definition) is 3. The van der Waals surface area contributed by atoms with Crippen LogP contribution in [0.25, 0.3) is 0 Å². The molecule has 1 aromatic rings. The number of hydrogen-bond donors (Lipinski definition) is 2. The van der Waals surface area contributed by atoms with E-state index in [-0.39, 0.29) is 11.9 Å². The molecule has 0 spiro atoms. The van der Waals surface area contributed by atoms with Crippen LogP contribution in [-0.4, -0.2) is 23.5 Å². The van der Waals surface area contributed by atoms with Gasteiger partial charge in [-0.3, -0.25) is 4.79 Å². The summed E-state index contributed by atoms with van der Waals surface area (Å²) in [6, 6.07) is 3.74. The molecule has 1 aliphatic heterocycles. The molecule has 86 valence electrons. The van der Waals surface area contributed by atoms with E-state index in [1.165, 1.54) is 0 Å². The number of aryl methyl sites for hydroxylation is 1. The lowest BCUT2D eigenvalue weighted by atomic mass is 10.2. The number of halogens is 1. The van der Waals surface area contributed by atoms with Crippen LogP contribution in [0, 0.1) is 10.5 Å². The molecule has 1 atom stereocenters. The summed E-state index contributed by atoms with van der Waals surface area (Å²) in [4.78, 5) is 16.1. The molecule has 1 fully saturated rings. The Labute approximate surface area is 108 Å². The van der Waals surface area contributed by atoms with Crippen LogP contribution in [-0.2, 0) is 4.79 Å². The molecule has 5 heteroatoms. The van der Waals surface area contributed by atoms with Crippen LogP contribution in [0.5, 0.6) is 0 Å². The fraction of sp³-hybridized carbons (Fsp3) is 0.455.